The minimum Gasteiger partial charge on any atom is -0.369 e. The molecule has 4 nitrogen and oxygen atoms in total. The van der Waals surface area contributed by atoms with Crippen LogP contribution in [0, 0.1) is 0 Å². The van der Waals surface area contributed by atoms with Crippen LogP contribution in [0.1, 0.15) is 5.56 Å². The lowest BCUT2D eigenvalue weighted by atomic mass is 9.92. The van der Waals surface area contributed by atoms with E-state index < -0.39 is 0 Å². The first-order chi connectivity index (χ1) is 31.1. The molecule has 4 heteroatoms. The molecule has 2 heterocycles. The van der Waals surface area contributed by atoms with Crippen molar-refractivity contribution in [3.63, 3.8) is 0 Å². The average molecular weight is 807 g/mol. The maximum atomic E-state index is 7.00. The molecule has 11 aromatic rings. The standard InChI is InChI=1S/C59H42N4/c1-2-40(47-34-48(42-18-8-4-9-19-42)36-49(35-47)44-28-26-43(27-29-44)41-16-6-3-7-17-41)39-61-59(60)63-56-25-15-13-23-52(56)54-38-46(31-33-58(54)63)45-30-32-57-53(37-45)51-22-12-14-24-55(51)62(57)50-20-10-5-11-21-50/h2-39H,1H2,(H2,60,61)/b40-39+. The van der Waals surface area contributed by atoms with Gasteiger partial charge in [-0.15, -0.1) is 0 Å². The molecule has 0 spiro atoms. The van der Waals surface area contributed by atoms with E-state index in [1.807, 2.05) is 24.4 Å². The van der Waals surface area contributed by atoms with Gasteiger partial charge in [0.1, 0.15) is 0 Å². The fourth-order valence-corrected chi connectivity index (χ4v) is 9.09. The van der Waals surface area contributed by atoms with Crippen molar-refractivity contribution in [1.82, 2.24) is 9.13 Å². The number of aromatic nitrogens is 2. The molecule has 2 aromatic heterocycles. The van der Waals surface area contributed by atoms with Gasteiger partial charge >= 0.3 is 0 Å². The Morgan fingerprint density at radius 1 is 0.397 bits per heavy atom. The van der Waals surface area contributed by atoms with E-state index in [4.69, 9.17) is 10.7 Å². The maximum absolute atomic E-state index is 7.00. The zero-order chi connectivity index (χ0) is 42.3. The topological polar surface area (TPSA) is 48.2 Å². The largest absolute Gasteiger partial charge is 0.369 e. The van der Waals surface area contributed by atoms with Gasteiger partial charge in [0.25, 0.3) is 0 Å². The number of hydrogen-bond donors (Lipinski definition) is 1. The second-order valence-electron chi connectivity index (χ2n) is 15.9. The van der Waals surface area contributed by atoms with Crippen molar-refractivity contribution in [2.24, 2.45) is 10.7 Å². The molecule has 298 valence electrons. The summed E-state index contributed by atoms with van der Waals surface area (Å²) in [6.07, 6.45) is 3.69. The second kappa shape index (κ2) is 15.9. The predicted molar refractivity (Wildman–Crippen MR) is 267 cm³/mol. The molecule has 0 bridgehead atoms. The third-order valence-corrected chi connectivity index (χ3v) is 12.2. The fourth-order valence-electron chi connectivity index (χ4n) is 9.09. The Bertz CT molecular complexity index is 3550. The molecule has 0 saturated heterocycles. The highest BCUT2D eigenvalue weighted by Crippen LogP contribution is 2.38. The lowest BCUT2D eigenvalue weighted by molar-refractivity contribution is 1.18. The van der Waals surface area contributed by atoms with E-state index in [1.165, 1.54) is 32.9 Å². The van der Waals surface area contributed by atoms with Gasteiger partial charge in [0.2, 0.25) is 5.96 Å². The molecule has 0 aliphatic heterocycles. The van der Waals surface area contributed by atoms with Gasteiger partial charge in [0, 0.05) is 33.4 Å². The Morgan fingerprint density at radius 2 is 0.825 bits per heavy atom. The van der Waals surface area contributed by atoms with E-state index >= 15 is 0 Å². The number of benzene rings is 9. The SMILES string of the molecule is C=C/C(=C\N=C(N)n1c2ccccc2c2cc(-c3ccc4c(c3)c3ccccc3n4-c3ccccc3)ccc21)c1cc(-c2ccccc2)cc(-c2ccc(-c3ccccc3)cc2)c1. The van der Waals surface area contributed by atoms with Gasteiger partial charge in [-0.1, -0.05) is 164 Å². The first-order valence-electron chi connectivity index (χ1n) is 21.3. The highest BCUT2D eigenvalue weighted by molar-refractivity contribution is 6.15. The average Bonchev–Trinajstić information content (AvgIpc) is 3.87. The van der Waals surface area contributed by atoms with Crippen LogP contribution in [0.4, 0.5) is 0 Å². The van der Waals surface area contributed by atoms with Crippen LogP contribution in [0.2, 0.25) is 0 Å². The third kappa shape index (κ3) is 6.80. The molecule has 0 radical (unpaired) electrons. The van der Waals surface area contributed by atoms with E-state index in [1.54, 1.807) is 0 Å². The minimum atomic E-state index is 0.374. The number of allylic oxidation sites excluding steroid dienone is 2. The summed E-state index contributed by atoms with van der Waals surface area (Å²) >= 11 is 0. The summed E-state index contributed by atoms with van der Waals surface area (Å²) in [5.41, 5.74) is 23.5. The lowest BCUT2D eigenvalue weighted by Gasteiger charge is -2.12. The highest BCUT2D eigenvalue weighted by atomic mass is 15.1. The molecule has 0 unspecified atom stereocenters. The van der Waals surface area contributed by atoms with Crippen LogP contribution in [0.3, 0.4) is 0 Å². The Hall–Kier alpha value is -8.47. The summed E-state index contributed by atoms with van der Waals surface area (Å²) < 4.78 is 4.41. The molecule has 2 N–H and O–H groups in total. The Labute approximate surface area is 366 Å². The minimum absolute atomic E-state index is 0.374. The number of hydrogen-bond acceptors (Lipinski definition) is 1. The van der Waals surface area contributed by atoms with Crippen molar-refractivity contribution in [2.45, 2.75) is 0 Å². The number of aliphatic imine (C=N–C) groups is 1. The van der Waals surface area contributed by atoms with Gasteiger partial charge in [0.15, 0.2) is 0 Å². The van der Waals surface area contributed by atoms with Gasteiger partial charge in [-0.2, -0.15) is 0 Å². The summed E-state index contributed by atoms with van der Waals surface area (Å²) in [4.78, 5) is 4.96. The van der Waals surface area contributed by atoms with Gasteiger partial charge in [-0.25, -0.2) is 4.99 Å². The smallest absolute Gasteiger partial charge is 0.205 e. The van der Waals surface area contributed by atoms with E-state index in [0.29, 0.717) is 5.96 Å². The molecule has 0 aliphatic carbocycles. The van der Waals surface area contributed by atoms with E-state index in [-0.39, 0.29) is 0 Å². The molecular formula is C59H42N4. The molecule has 0 saturated carbocycles. The summed E-state index contributed by atoms with van der Waals surface area (Å²) in [6, 6.07) is 77.5. The first kappa shape index (κ1) is 37.5. The number of para-hydroxylation sites is 3. The molecule has 0 fully saturated rings. The van der Waals surface area contributed by atoms with Crippen molar-refractivity contribution >= 4 is 55.1 Å². The normalized spacial score (nSPS) is 12.1. The summed E-state index contributed by atoms with van der Waals surface area (Å²) in [5.74, 6) is 0.374. The van der Waals surface area contributed by atoms with E-state index in [0.717, 1.165) is 72.0 Å². The molecule has 0 aliphatic rings. The number of nitrogens with zero attached hydrogens (tertiary/aromatic N) is 3. The monoisotopic (exact) mass is 806 g/mol. The van der Waals surface area contributed by atoms with Gasteiger partial charge in [0.05, 0.1) is 22.1 Å². The molecule has 11 rings (SSSR count). The summed E-state index contributed by atoms with van der Waals surface area (Å²) in [6.45, 7) is 4.23. The van der Waals surface area contributed by atoms with Crippen molar-refractivity contribution in [1.29, 1.82) is 0 Å². The number of fused-ring (bicyclic) bond motifs is 6. The van der Waals surface area contributed by atoms with Crippen molar-refractivity contribution in [3.05, 3.63) is 243 Å². The van der Waals surface area contributed by atoms with Gasteiger partial charge in [-0.3, -0.25) is 4.57 Å². The van der Waals surface area contributed by atoms with Gasteiger partial charge in [-0.05, 0) is 122 Å². The summed E-state index contributed by atoms with van der Waals surface area (Å²) in [7, 11) is 0. The number of rotatable bonds is 8. The van der Waals surface area contributed by atoms with Crippen LogP contribution in [0.25, 0.3) is 99.4 Å². The Morgan fingerprint density at radius 3 is 1.44 bits per heavy atom. The highest BCUT2D eigenvalue weighted by Gasteiger charge is 2.17. The van der Waals surface area contributed by atoms with Crippen LogP contribution >= 0.6 is 0 Å². The first-order valence-corrected chi connectivity index (χ1v) is 21.3. The van der Waals surface area contributed by atoms with Crippen molar-refractivity contribution < 1.29 is 0 Å². The fraction of sp³-hybridized carbons (Fsp3) is 0. The zero-order valence-corrected chi connectivity index (χ0v) is 34.6. The predicted octanol–water partition coefficient (Wildman–Crippen LogP) is 14.9. The van der Waals surface area contributed by atoms with Crippen molar-refractivity contribution in [3.8, 4) is 50.2 Å². The Balaban J connectivity index is 0.982. The van der Waals surface area contributed by atoms with Gasteiger partial charge < -0.3 is 10.3 Å². The summed E-state index contributed by atoms with van der Waals surface area (Å²) in [5, 5.41) is 4.67. The third-order valence-electron chi connectivity index (χ3n) is 12.2. The van der Waals surface area contributed by atoms with Crippen molar-refractivity contribution in [2.75, 3.05) is 0 Å². The van der Waals surface area contributed by atoms with E-state index in [2.05, 4.69) is 222 Å². The quantitative estimate of drug-likeness (QED) is 0.0928. The maximum Gasteiger partial charge on any atom is 0.205 e. The Kier molecular flexibility index (Phi) is 9.44. The lowest BCUT2D eigenvalue weighted by Crippen LogP contribution is -2.21. The molecule has 0 atom stereocenters. The molecule has 63 heavy (non-hydrogen) atoms. The van der Waals surface area contributed by atoms with Crippen LogP contribution in [0.15, 0.2) is 242 Å². The van der Waals surface area contributed by atoms with Crippen LogP contribution in [-0.4, -0.2) is 15.1 Å². The zero-order valence-electron chi connectivity index (χ0n) is 34.6. The van der Waals surface area contributed by atoms with Crippen LogP contribution in [-0.2, 0) is 0 Å². The van der Waals surface area contributed by atoms with E-state index in [9.17, 15) is 0 Å². The number of nitrogens with two attached hydrogens (primary N) is 1. The molecule has 9 aromatic carbocycles. The second-order valence-corrected chi connectivity index (χ2v) is 15.9. The molecule has 0 amide bonds. The van der Waals surface area contributed by atoms with Crippen LogP contribution in [0.5, 0.6) is 0 Å². The van der Waals surface area contributed by atoms with Crippen LogP contribution < -0.4 is 5.73 Å². The molecular weight excluding hydrogens is 765 g/mol.